The summed E-state index contributed by atoms with van der Waals surface area (Å²) in [6.45, 7) is 7.53. The molecule has 2 fully saturated rings. The zero-order valence-electron chi connectivity index (χ0n) is 21.9. The minimum Gasteiger partial charge on any atom is -0.347 e. The number of hydrogen-bond acceptors (Lipinski definition) is 9. The van der Waals surface area contributed by atoms with E-state index in [4.69, 9.17) is 10.3 Å². The van der Waals surface area contributed by atoms with Crippen molar-refractivity contribution in [1.82, 2.24) is 20.0 Å². The second-order valence-electron chi connectivity index (χ2n) is 9.53. The first-order chi connectivity index (χ1) is 15.7. The smallest absolute Gasteiger partial charge is 0.239 e. The summed E-state index contributed by atoms with van der Waals surface area (Å²) >= 11 is 0. The van der Waals surface area contributed by atoms with Crippen LogP contribution in [-0.2, 0) is 34.4 Å². The van der Waals surface area contributed by atoms with Crippen molar-refractivity contribution < 1.29 is 31.2 Å². The molecule has 2 aliphatic heterocycles. The molecule has 35 heavy (non-hydrogen) atoms. The summed E-state index contributed by atoms with van der Waals surface area (Å²) in [6.07, 6.45) is 0.546. The SMILES string of the molecule is CC(C)=O.CC(C)N1CC(S(N)(=O)=O)CC1C(=O)N(C)C.CN(C)C(=O)C1CC(S(N)(=O)=O)CN1. The van der Waals surface area contributed by atoms with Crippen LogP contribution in [0.15, 0.2) is 0 Å². The van der Waals surface area contributed by atoms with Crippen LogP contribution < -0.4 is 15.6 Å². The number of rotatable bonds is 5. The maximum atomic E-state index is 12.0. The molecule has 5 N–H and O–H groups in total. The average Bonchev–Trinajstić information content (AvgIpc) is 3.33. The number of nitrogens with zero attached hydrogens (tertiary/aromatic N) is 3. The number of hydrogen-bond donors (Lipinski definition) is 3. The molecule has 0 saturated carbocycles. The zero-order chi connectivity index (χ0) is 27.9. The molecule has 2 rings (SSSR count). The summed E-state index contributed by atoms with van der Waals surface area (Å²) in [5.41, 5.74) is 0. The predicted molar refractivity (Wildman–Crippen MR) is 134 cm³/mol. The second kappa shape index (κ2) is 13.6. The van der Waals surface area contributed by atoms with E-state index in [0.717, 1.165) is 0 Å². The van der Waals surface area contributed by atoms with E-state index in [2.05, 4.69) is 5.32 Å². The molecule has 4 atom stereocenters. The third-order valence-electron chi connectivity index (χ3n) is 5.45. The fourth-order valence-corrected chi connectivity index (χ4v) is 5.24. The Kier molecular flexibility index (Phi) is 13.0. The third kappa shape index (κ3) is 11.3. The zero-order valence-corrected chi connectivity index (χ0v) is 23.5. The van der Waals surface area contributed by atoms with Gasteiger partial charge in [0, 0.05) is 47.3 Å². The van der Waals surface area contributed by atoms with E-state index in [9.17, 15) is 31.2 Å². The molecule has 0 spiro atoms. The minimum absolute atomic E-state index is 0.0650. The molecule has 2 aliphatic rings. The maximum absolute atomic E-state index is 12.0. The number of likely N-dealkylation sites (tertiary alicyclic amines) is 1. The van der Waals surface area contributed by atoms with Crippen LogP contribution in [0.4, 0.5) is 0 Å². The van der Waals surface area contributed by atoms with Gasteiger partial charge in [-0.25, -0.2) is 27.1 Å². The van der Waals surface area contributed by atoms with Crippen molar-refractivity contribution in [2.75, 3.05) is 41.3 Å². The van der Waals surface area contributed by atoms with Gasteiger partial charge in [-0.15, -0.1) is 0 Å². The lowest BCUT2D eigenvalue weighted by atomic mass is 10.2. The highest BCUT2D eigenvalue weighted by Gasteiger charge is 2.43. The average molecular weight is 543 g/mol. The largest absolute Gasteiger partial charge is 0.347 e. The summed E-state index contributed by atoms with van der Waals surface area (Å²) in [4.78, 5) is 37.7. The topological polar surface area (TPSA) is 193 Å². The van der Waals surface area contributed by atoms with Crippen molar-refractivity contribution in [3.63, 3.8) is 0 Å². The summed E-state index contributed by atoms with van der Waals surface area (Å²) in [6, 6.07) is -0.683. The van der Waals surface area contributed by atoms with Gasteiger partial charge in [0.15, 0.2) is 0 Å². The van der Waals surface area contributed by atoms with E-state index in [-0.39, 0.29) is 49.1 Å². The Morgan fingerprint density at radius 2 is 1.29 bits per heavy atom. The van der Waals surface area contributed by atoms with Crippen LogP contribution in [0, 0.1) is 0 Å². The summed E-state index contributed by atoms with van der Waals surface area (Å²) in [5, 5.41) is 11.7. The van der Waals surface area contributed by atoms with Gasteiger partial charge in [-0.05, 0) is 40.5 Å². The van der Waals surface area contributed by atoms with Crippen LogP contribution in [-0.4, -0.2) is 119 Å². The Balaban J connectivity index is 0.000000581. The van der Waals surface area contributed by atoms with Gasteiger partial charge in [0.05, 0.1) is 22.6 Å². The predicted octanol–water partition coefficient (Wildman–Crippen LogP) is -2.10. The minimum atomic E-state index is -3.57. The van der Waals surface area contributed by atoms with Crippen molar-refractivity contribution >= 4 is 37.6 Å². The van der Waals surface area contributed by atoms with Crippen molar-refractivity contribution in [1.29, 1.82) is 0 Å². The van der Waals surface area contributed by atoms with Gasteiger partial charge >= 0.3 is 0 Å². The summed E-state index contributed by atoms with van der Waals surface area (Å²) < 4.78 is 44.7. The van der Waals surface area contributed by atoms with Gasteiger partial charge in [0.2, 0.25) is 31.9 Å². The van der Waals surface area contributed by atoms with Gasteiger partial charge in [-0.1, -0.05) is 0 Å². The normalized spacial score (nSPS) is 24.7. The van der Waals surface area contributed by atoms with Crippen LogP contribution >= 0.6 is 0 Å². The maximum Gasteiger partial charge on any atom is 0.239 e. The number of sulfonamides is 2. The molecule has 15 heteroatoms. The molecular formula is C20H42N6O7S2. The number of carbonyl (C=O) groups excluding carboxylic acids is 3. The Morgan fingerprint density at radius 3 is 1.60 bits per heavy atom. The number of primary sulfonamides is 2. The van der Waals surface area contributed by atoms with Gasteiger partial charge < -0.3 is 19.9 Å². The van der Waals surface area contributed by atoms with Gasteiger partial charge in [0.1, 0.15) is 5.78 Å². The van der Waals surface area contributed by atoms with Crippen molar-refractivity contribution in [3.8, 4) is 0 Å². The third-order valence-corrected chi connectivity index (χ3v) is 8.01. The first-order valence-corrected chi connectivity index (χ1v) is 14.3. The van der Waals surface area contributed by atoms with Crippen molar-refractivity contribution in [2.24, 2.45) is 10.3 Å². The Bertz CT molecular complexity index is 947. The lowest BCUT2D eigenvalue weighted by molar-refractivity contribution is -0.134. The van der Waals surface area contributed by atoms with E-state index in [1.54, 1.807) is 28.2 Å². The van der Waals surface area contributed by atoms with E-state index in [1.165, 1.54) is 23.6 Å². The Hall–Kier alpha value is -1.65. The van der Waals surface area contributed by atoms with Gasteiger partial charge in [-0.2, -0.15) is 0 Å². The molecule has 0 aromatic rings. The number of nitrogens with one attached hydrogen (secondary N) is 1. The lowest BCUT2D eigenvalue weighted by Crippen LogP contribution is -2.45. The molecule has 4 unspecified atom stereocenters. The quantitative estimate of drug-likeness (QED) is 0.349. The van der Waals surface area contributed by atoms with E-state index in [0.29, 0.717) is 6.54 Å². The summed E-state index contributed by atoms with van der Waals surface area (Å²) in [5.74, 6) is -0.0130. The van der Waals surface area contributed by atoms with Crippen LogP contribution in [0.1, 0.15) is 40.5 Å². The second-order valence-corrected chi connectivity index (χ2v) is 13.2. The molecule has 2 heterocycles. The number of Topliss-reactive ketones (excluding diaryl/α,β-unsaturated/α-hetero) is 1. The molecule has 206 valence electrons. The van der Waals surface area contributed by atoms with Gasteiger partial charge in [-0.3, -0.25) is 14.5 Å². The monoisotopic (exact) mass is 542 g/mol. The highest BCUT2D eigenvalue weighted by atomic mass is 32.2. The summed E-state index contributed by atoms with van der Waals surface area (Å²) in [7, 11) is -0.492. The van der Waals surface area contributed by atoms with Gasteiger partial charge in [0.25, 0.3) is 0 Å². The highest BCUT2D eigenvalue weighted by Crippen LogP contribution is 2.25. The number of carbonyl (C=O) groups is 3. The Morgan fingerprint density at radius 1 is 0.857 bits per heavy atom. The lowest BCUT2D eigenvalue weighted by Gasteiger charge is -2.28. The molecule has 0 radical (unpaired) electrons. The van der Waals surface area contributed by atoms with E-state index in [1.807, 2.05) is 18.7 Å². The van der Waals surface area contributed by atoms with Crippen molar-refractivity contribution in [3.05, 3.63) is 0 Å². The molecule has 2 amide bonds. The first-order valence-electron chi connectivity index (χ1n) is 11.1. The van der Waals surface area contributed by atoms with Crippen LogP contribution in [0.3, 0.4) is 0 Å². The molecule has 0 bridgehead atoms. The molecule has 0 aromatic heterocycles. The number of ketones is 1. The Labute approximate surface area is 209 Å². The molecule has 0 aliphatic carbocycles. The molecular weight excluding hydrogens is 500 g/mol. The number of amides is 2. The number of likely N-dealkylation sites (N-methyl/N-ethyl adjacent to an activating group) is 2. The fourth-order valence-electron chi connectivity index (χ4n) is 3.62. The first kappa shape index (κ1) is 33.4. The van der Waals surface area contributed by atoms with Crippen LogP contribution in [0.5, 0.6) is 0 Å². The number of nitrogens with two attached hydrogens (primary N) is 2. The molecule has 2 saturated heterocycles. The fraction of sp³-hybridized carbons (Fsp3) is 0.850. The standard InChI is InChI=1S/C10H21N3O3S.C7H15N3O3S.C3H6O/c1-7(2)13-6-8(17(11,15)16)5-9(13)10(14)12(3)4;1-10(2)7(11)6-3-5(4-9-6)14(8,12)13;1-3(2)4/h7-9H,5-6H2,1-4H3,(H2,11,15,16);5-6,9H,3-4H2,1-2H3,(H2,8,12,13);1-2H3. The van der Waals surface area contributed by atoms with Crippen LogP contribution in [0.25, 0.3) is 0 Å². The van der Waals surface area contributed by atoms with E-state index < -0.39 is 36.6 Å². The highest BCUT2D eigenvalue weighted by molar-refractivity contribution is 7.90. The van der Waals surface area contributed by atoms with Crippen molar-refractivity contribution in [2.45, 2.75) is 69.2 Å². The van der Waals surface area contributed by atoms with Crippen LogP contribution in [0.2, 0.25) is 0 Å². The molecule has 0 aromatic carbocycles. The molecule has 13 nitrogen and oxygen atoms in total. The van der Waals surface area contributed by atoms with E-state index >= 15 is 0 Å².